The van der Waals surface area contributed by atoms with Gasteiger partial charge in [-0.05, 0) is 17.7 Å². The molecular formula is C21H20N2O4. The Bertz CT molecular complexity index is 921. The highest BCUT2D eigenvalue weighted by molar-refractivity contribution is 5.78. The molecular weight excluding hydrogens is 344 g/mol. The normalized spacial score (nSPS) is 12.6. The van der Waals surface area contributed by atoms with Gasteiger partial charge in [-0.1, -0.05) is 41.6 Å². The van der Waals surface area contributed by atoms with Crippen LogP contribution in [0.2, 0.25) is 0 Å². The number of hydrogen-bond acceptors (Lipinski definition) is 5. The minimum Gasteiger partial charge on any atom is -0.486 e. The van der Waals surface area contributed by atoms with Crippen molar-refractivity contribution in [3.63, 3.8) is 0 Å². The fraction of sp³-hybridized carbons (Fsp3) is 0.238. The summed E-state index contributed by atoms with van der Waals surface area (Å²) in [6.45, 7) is 1.59. The molecule has 0 saturated heterocycles. The molecule has 0 radical (unpaired) electrons. The van der Waals surface area contributed by atoms with Crippen LogP contribution in [0.3, 0.4) is 0 Å². The van der Waals surface area contributed by atoms with Crippen molar-refractivity contribution in [3.8, 4) is 22.8 Å². The third kappa shape index (κ3) is 4.28. The highest BCUT2D eigenvalue weighted by Crippen LogP contribution is 2.30. The van der Waals surface area contributed by atoms with Gasteiger partial charge in [-0.15, -0.1) is 0 Å². The van der Waals surface area contributed by atoms with Crippen molar-refractivity contribution < 1.29 is 18.8 Å². The molecule has 0 atom stereocenters. The van der Waals surface area contributed by atoms with E-state index in [0.717, 1.165) is 28.3 Å². The van der Waals surface area contributed by atoms with Gasteiger partial charge >= 0.3 is 0 Å². The van der Waals surface area contributed by atoms with Crippen molar-refractivity contribution in [2.75, 3.05) is 19.8 Å². The van der Waals surface area contributed by atoms with Gasteiger partial charge in [0.05, 0.1) is 12.1 Å². The number of carbonyl (C=O) groups is 1. The molecule has 0 unspecified atom stereocenters. The smallest absolute Gasteiger partial charge is 0.224 e. The minimum atomic E-state index is -0.0431. The number of amides is 1. The summed E-state index contributed by atoms with van der Waals surface area (Å²) in [5.41, 5.74) is 2.69. The summed E-state index contributed by atoms with van der Waals surface area (Å²) >= 11 is 0. The van der Waals surface area contributed by atoms with E-state index in [1.807, 2.05) is 54.6 Å². The second-order valence-electron chi connectivity index (χ2n) is 6.30. The van der Waals surface area contributed by atoms with E-state index >= 15 is 0 Å². The van der Waals surface area contributed by atoms with Crippen LogP contribution >= 0.6 is 0 Å². The molecule has 6 nitrogen and oxygen atoms in total. The molecule has 4 rings (SSSR count). The molecule has 1 aliphatic heterocycles. The van der Waals surface area contributed by atoms with E-state index in [0.29, 0.717) is 38.3 Å². The molecule has 2 aromatic carbocycles. The molecule has 1 amide bonds. The van der Waals surface area contributed by atoms with Gasteiger partial charge in [0, 0.05) is 24.6 Å². The number of ether oxygens (including phenoxy) is 2. The highest BCUT2D eigenvalue weighted by atomic mass is 16.6. The molecule has 6 heteroatoms. The fourth-order valence-corrected chi connectivity index (χ4v) is 2.94. The van der Waals surface area contributed by atoms with Gasteiger partial charge in [0.15, 0.2) is 17.3 Å². The van der Waals surface area contributed by atoms with Gasteiger partial charge in [0.1, 0.15) is 13.2 Å². The van der Waals surface area contributed by atoms with Crippen molar-refractivity contribution in [1.29, 1.82) is 0 Å². The Labute approximate surface area is 157 Å². The first-order chi connectivity index (χ1) is 13.3. The van der Waals surface area contributed by atoms with Gasteiger partial charge in [0.25, 0.3) is 0 Å². The summed E-state index contributed by atoms with van der Waals surface area (Å²) in [4.78, 5) is 12.2. The Hall–Kier alpha value is -3.28. The lowest BCUT2D eigenvalue weighted by Gasteiger charge is -2.18. The largest absolute Gasteiger partial charge is 0.486 e. The molecule has 0 fully saturated rings. The van der Waals surface area contributed by atoms with E-state index in [9.17, 15) is 4.79 Å². The number of nitrogens with zero attached hydrogens (tertiary/aromatic N) is 1. The first-order valence-electron chi connectivity index (χ1n) is 8.94. The second-order valence-corrected chi connectivity index (χ2v) is 6.30. The maximum atomic E-state index is 12.2. The number of fused-ring (bicyclic) bond motifs is 1. The number of rotatable bonds is 6. The van der Waals surface area contributed by atoms with Crippen molar-refractivity contribution >= 4 is 5.91 Å². The molecule has 2 heterocycles. The van der Waals surface area contributed by atoms with Crippen LogP contribution in [0.25, 0.3) is 11.3 Å². The average Bonchev–Trinajstić information content (AvgIpc) is 3.17. The fourth-order valence-electron chi connectivity index (χ4n) is 2.94. The van der Waals surface area contributed by atoms with Gasteiger partial charge in [-0.25, -0.2) is 0 Å². The summed E-state index contributed by atoms with van der Waals surface area (Å²) in [5.74, 6) is 2.11. The van der Waals surface area contributed by atoms with Crippen LogP contribution in [0, 0.1) is 0 Å². The Balaban J connectivity index is 1.27. The van der Waals surface area contributed by atoms with Crippen LogP contribution in [-0.4, -0.2) is 30.8 Å². The van der Waals surface area contributed by atoms with E-state index in [1.54, 1.807) is 0 Å². The molecule has 1 aliphatic rings. The number of hydrogen-bond donors (Lipinski definition) is 1. The third-order valence-electron chi connectivity index (χ3n) is 4.29. The van der Waals surface area contributed by atoms with Crippen LogP contribution in [0.15, 0.2) is 59.1 Å². The van der Waals surface area contributed by atoms with E-state index in [2.05, 4.69) is 10.5 Å². The molecule has 0 spiro atoms. The number of nitrogens with one attached hydrogen (secondary N) is 1. The number of benzene rings is 2. The van der Waals surface area contributed by atoms with Crippen LogP contribution in [-0.2, 0) is 17.6 Å². The first-order valence-corrected chi connectivity index (χ1v) is 8.94. The first kappa shape index (κ1) is 17.1. The Morgan fingerprint density at radius 1 is 1.00 bits per heavy atom. The lowest BCUT2D eigenvalue weighted by atomic mass is 10.1. The zero-order valence-corrected chi connectivity index (χ0v) is 14.8. The number of aromatic nitrogens is 1. The van der Waals surface area contributed by atoms with Crippen molar-refractivity contribution in [3.05, 3.63) is 65.9 Å². The molecule has 1 aromatic heterocycles. The quantitative estimate of drug-likeness (QED) is 0.728. The maximum absolute atomic E-state index is 12.2. The molecule has 1 N–H and O–H groups in total. The highest BCUT2D eigenvalue weighted by Gasteiger charge is 2.13. The molecule has 3 aromatic rings. The molecule has 0 aliphatic carbocycles. The van der Waals surface area contributed by atoms with Crippen molar-refractivity contribution in [1.82, 2.24) is 10.5 Å². The van der Waals surface area contributed by atoms with E-state index in [1.165, 1.54) is 0 Å². The van der Waals surface area contributed by atoms with Gasteiger partial charge in [-0.2, -0.15) is 0 Å². The van der Waals surface area contributed by atoms with Crippen LogP contribution in [0.1, 0.15) is 11.3 Å². The molecule has 0 saturated carbocycles. The monoisotopic (exact) mass is 364 g/mol. The molecule has 0 bridgehead atoms. The van der Waals surface area contributed by atoms with Crippen LogP contribution in [0.5, 0.6) is 11.5 Å². The SMILES string of the molecule is O=C(Cc1ccc2c(c1)OCCO2)NCCc1cc(-c2ccccc2)on1. The third-order valence-corrected chi connectivity index (χ3v) is 4.29. The summed E-state index contributed by atoms with van der Waals surface area (Å²) in [6.07, 6.45) is 0.911. The maximum Gasteiger partial charge on any atom is 0.224 e. The van der Waals surface area contributed by atoms with E-state index in [-0.39, 0.29) is 5.91 Å². The van der Waals surface area contributed by atoms with E-state index < -0.39 is 0 Å². The predicted molar refractivity (Wildman–Crippen MR) is 99.8 cm³/mol. The summed E-state index contributed by atoms with van der Waals surface area (Å²) < 4.78 is 16.4. The van der Waals surface area contributed by atoms with Gasteiger partial charge < -0.3 is 19.3 Å². The minimum absolute atomic E-state index is 0.0431. The zero-order chi connectivity index (χ0) is 18.5. The number of carbonyl (C=O) groups excluding carboxylic acids is 1. The predicted octanol–water partition coefficient (Wildman–Crippen LogP) is 3.01. The van der Waals surface area contributed by atoms with Crippen LogP contribution < -0.4 is 14.8 Å². The topological polar surface area (TPSA) is 73.6 Å². The summed E-state index contributed by atoms with van der Waals surface area (Å²) in [6, 6.07) is 17.3. The zero-order valence-electron chi connectivity index (χ0n) is 14.8. The summed E-state index contributed by atoms with van der Waals surface area (Å²) in [7, 11) is 0. The van der Waals surface area contributed by atoms with Crippen LogP contribution in [0.4, 0.5) is 0 Å². The lowest BCUT2D eigenvalue weighted by Crippen LogP contribution is -2.27. The standard InChI is InChI=1S/C21H20N2O4/c24-21(13-15-6-7-18-20(12-15)26-11-10-25-18)22-9-8-17-14-19(27-23-17)16-4-2-1-3-5-16/h1-7,12,14H,8-11,13H2,(H,22,24). The van der Waals surface area contributed by atoms with Crippen molar-refractivity contribution in [2.45, 2.75) is 12.8 Å². The average molecular weight is 364 g/mol. The summed E-state index contributed by atoms with van der Waals surface area (Å²) in [5, 5.41) is 6.98. The molecule has 27 heavy (non-hydrogen) atoms. The van der Waals surface area contributed by atoms with Gasteiger partial charge in [-0.3, -0.25) is 4.79 Å². The lowest BCUT2D eigenvalue weighted by molar-refractivity contribution is -0.120. The Kier molecular flexibility index (Phi) is 5.05. The molecule has 138 valence electrons. The Morgan fingerprint density at radius 2 is 1.81 bits per heavy atom. The van der Waals surface area contributed by atoms with E-state index in [4.69, 9.17) is 14.0 Å². The Morgan fingerprint density at radius 3 is 2.67 bits per heavy atom. The van der Waals surface area contributed by atoms with Crippen molar-refractivity contribution in [2.24, 2.45) is 0 Å². The second kappa shape index (κ2) is 7.95. The van der Waals surface area contributed by atoms with Gasteiger partial charge in [0.2, 0.25) is 5.91 Å².